The van der Waals surface area contributed by atoms with Gasteiger partial charge in [-0.15, -0.1) is 24.8 Å². The predicted octanol–water partition coefficient (Wildman–Crippen LogP) is 5.19. The first-order valence-electron chi connectivity index (χ1n) is 7.16. The van der Waals surface area contributed by atoms with Crippen molar-refractivity contribution in [1.82, 2.24) is 10.6 Å². The molecule has 0 aliphatic heterocycles. The molecule has 0 saturated carbocycles. The van der Waals surface area contributed by atoms with E-state index < -0.39 is 0 Å². The van der Waals surface area contributed by atoms with E-state index in [0.717, 1.165) is 43.1 Å². The summed E-state index contributed by atoms with van der Waals surface area (Å²) in [6, 6.07) is 9.25. The fraction of sp³-hybridized carbons (Fsp3) is 0.375. The average molecular weight is 400 g/mol. The fourth-order valence-electron chi connectivity index (χ4n) is 2.03. The van der Waals surface area contributed by atoms with Crippen LogP contribution in [0, 0.1) is 0 Å². The summed E-state index contributed by atoms with van der Waals surface area (Å²) in [6.45, 7) is 5.83. The van der Waals surface area contributed by atoms with E-state index in [1.165, 1.54) is 0 Å². The molecule has 2 N–H and O–H groups in total. The van der Waals surface area contributed by atoms with Gasteiger partial charge in [0.15, 0.2) is 0 Å². The summed E-state index contributed by atoms with van der Waals surface area (Å²) in [4.78, 5) is 0. The molecule has 0 fully saturated rings. The van der Waals surface area contributed by atoms with E-state index in [1.54, 1.807) is 12.1 Å². The smallest absolute Gasteiger partial charge is 0.135 e. The predicted molar refractivity (Wildman–Crippen MR) is 104 cm³/mol. The highest BCUT2D eigenvalue weighted by Crippen LogP contribution is 2.31. The molecule has 0 spiro atoms. The van der Waals surface area contributed by atoms with E-state index in [-0.39, 0.29) is 24.8 Å². The third-order valence-electron chi connectivity index (χ3n) is 3.11. The lowest BCUT2D eigenvalue weighted by Crippen LogP contribution is -2.21. The van der Waals surface area contributed by atoms with Gasteiger partial charge in [-0.1, -0.05) is 30.1 Å². The lowest BCUT2D eigenvalue weighted by atomic mass is 10.2. The van der Waals surface area contributed by atoms with Crippen LogP contribution in [0.25, 0.3) is 11.3 Å². The van der Waals surface area contributed by atoms with Crippen LogP contribution < -0.4 is 10.6 Å². The van der Waals surface area contributed by atoms with E-state index in [1.807, 2.05) is 18.2 Å². The highest BCUT2D eigenvalue weighted by Gasteiger charge is 2.09. The Bertz CT molecular complexity index is 575. The first-order valence-corrected chi connectivity index (χ1v) is 7.92. The van der Waals surface area contributed by atoms with Gasteiger partial charge in [0.1, 0.15) is 11.5 Å². The Balaban J connectivity index is 0.00000242. The molecular weight excluding hydrogens is 378 g/mol. The monoisotopic (exact) mass is 398 g/mol. The number of hydrogen-bond acceptors (Lipinski definition) is 3. The number of halogens is 4. The van der Waals surface area contributed by atoms with E-state index in [4.69, 9.17) is 27.6 Å². The summed E-state index contributed by atoms with van der Waals surface area (Å²) in [5.74, 6) is 1.64. The Kier molecular flexibility index (Phi) is 11.8. The molecule has 0 amide bonds. The van der Waals surface area contributed by atoms with Crippen LogP contribution in [0.15, 0.2) is 34.7 Å². The molecule has 0 radical (unpaired) electrons. The molecule has 0 atom stereocenters. The Morgan fingerprint density at radius 2 is 1.74 bits per heavy atom. The number of furan rings is 1. The average Bonchev–Trinajstić information content (AvgIpc) is 2.94. The van der Waals surface area contributed by atoms with Crippen LogP contribution in [0.4, 0.5) is 0 Å². The zero-order valence-corrected chi connectivity index (χ0v) is 16.0. The van der Waals surface area contributed by atoms with Crippen LogP contribution in [-0.2, 0) is 6.54 Å². The highest BCUT2D eigenvalue weighted by atomic mass is 35.5. The zero-order chi connectivity index (χ0) is 15.1. The van der Waals surface area contributed by atoms with Gasteiger partial charge in [-0.3, -0.25) is 0 Å². The topological polar surface area (TPSA) is 37.2 Å². The number of rotatable bonds is 8. The van der Waals surface area contributed by atoms with Crippen molar-refractivity contribution in [3.05, 3.63) is 46.1 Å². The molecular formula is C16H22Cl4N2O. The molecule has 1 aromatic heterocycles. The van der Waals surface area contributed by atoms with E-state index in [2.05, 4.69) is 17.6 Å². The molecule has 7 heteroatoms. The summed E-state index contributed by atoms with van der Waals surface area (Å²) in [5, 5.41) is 7.94. The van der Waals surface area contributed by atoms with Gasteiger partial charge in [0.2, 0.25) is 0 Å². The van der Waals surface area contributed by atoms with Crippen LogP contribution in [0.2, 0.25) is 10.0 Å². The lowest BCUT2D eigenvalue weighted by Gasteiger charge is -2.04. The number of benzene rings is 1. The van der Waals surface area contributed by atoms with Crippen LogP contribution in [0.5, 0.6) is 0 Å². The van der Waals surface area contributed by atoms with Crippen molar-refractivity contribution in [3.8, 4) is 11.3 Å². The molecule has 2 aromatic rings. The minimum Gasteiger partial charge on any atom is -0.460 e. The van der Waals surface area contributed by atoms with Crippen LogP contribution in [-0.4, -0.2) is 19.6 Å². The molecule has 0 saturated heterocycles. The van der Waals surface area contributed by atoms with Gasteiger partial charge in [0, 0.05) is 10.6 Å². The van der Waals surface area contributed by atoms with Crippen molar-refractivity contribution in [3.63, 3.8) is 0 Å². The summed E-state index contributed by atoms with van der Waals surface area (Å²) in [6.07, 6.45) is 1.10. The van der Waals surface area contributed by atoms with Gasteiger partial charge in [-0.05, 0) is 56.4 Å². The maximum Gasteiger partial charge on any atom is 0.135 e. The molecule has 2 rings (SSSR count). The summed E-state index contributed by atoms with van der Waals surface area (Å²) in [7, 11) is 0. The Labute approximate surface area is 159 Å². The van der Waals surface area contributed by atoms with Crippen LogP contribution >= 0.6 is 48.0 Å². The van der Waals surface area contributed by atoms with Crippen molar-refractivity contribution in [2.45, 2.75) is 19.9 Å². The summed E-state index contributed by atoms with van der Waals surface area (Å²) >= 11 is 12.2. The SMILES string of the molecule is CCNCCCNCc1ccc(-c2cc(Cl)ccc2Cl)o1.Cl.Cl. The molecule has 1 aromatic carbocycles. The Hall–Kier alpha value is -0.420. The van der Waals surface area contributed by atoms with Gasteiger partial charge in [0.05, 0.1) is 11.6 Å². The second-order valence-corrected chi connectivity index (χ2v) is 5.62. The second kappa shape index (κ2) is 12.0. The molecule has 3 nitrogen and oxygen atoms in total. The third kappa shape index (κ3) is 7.34. The van der Waals surface area contributed by atoms with Gasteiger partial charge in [0.25, 0.3) is 0 Å². The van der Waals surface area contributed by atoms with E-state index in [0.29, 0.717) is 16.6 Å². The van der Waals surface area contributed by atoms with Gasteiger partial charge in [-0.2, -0.15) is 0 Å². The molecule has 0 aliphatic rings. The quantitative estimate of drug-likeness (QED) is 0.600. The van der Waals surface area contributed by atoms with Gasteiger partial charge >= 0.3 is 0 Å². The first-order chi connectivity index (χ1) is 10.2. The van der Waals surface area contributed by atoms with E-state index >= 15 is 0 Å². The lowest BCUT2D eigenvalue weighted by molar-refractivity contribution is 0.488. The maximum atomic E-state index is 6.17. The normalized spacial score (nSPS) is 10.0. The molecule has 23 heavy (non-hydrogen) atoms. The van der Waals surface area contributed by atoms with Crippen molar-refractivity contribution in [2.75, 3.05) is 19.6 Å². The number of nitrogens with one attached hydrogen (secondary N) is 2. The minimum absolute atomic E-state index is 0. The van der Waals surface area contributed by atoms with Gasteiger partial charge < -0.3 is 15.1 Å². The molecule has 130 valence electrons. The third-order valence-corrected chi connectivity index (χ3v) is 3.68. The van der Waals surface area contributed by atoms with Crippen molar-refractivity contribution in [1.29, 1.82) is 0 Å². The van der Waals surface area contributed by atoms with Crippen molar-refractivity contribution in [2.24, 2.45) is 0 Å². The van der Waals surface area contributed by atoms with Gasteiger partial charge in [-0.25, -0.2) is 0 Å². The Morgan fingerprint density at radius 1 is 1.00 bits per heavy atom. The Morgan fingerprint density at radius 3 is 2.48 bits per heavy atom. The minimum atomic E-state index is 0. The zero-order valence-electron chi connectivity index (χ0n) is 12.9. The molecule has 1 heterocycles. The van der Waals surface area contributed by atoms with Crippen molar-refractivity contribution < 1.29 is 4.42 Å². The summed E-state index contributed by atoms with van der Waals surface area (Å²) in [5.41, 5.74) is 0.822. The van der Waals surface area contributed by atoms with Crippen LogP contribution in [0.1, 0.15) is 19.1 Å². The fourth-order valence-corrected chi connectivity index (χ4v) is 2.41. The highest BCUT2D eigenvalue weighted by molar-refractivity contribution is 6.35. The molecule has 0 bridgehead atoms. The van der Waals surface area contributed by atoms with Crippen molar-refractivity contribution >= 4 is 48.0 Å². The maximum absolute atomic E-state index is 6.17. The molecule has 0 aliphatic carbocycles. The standard InChI is InChI=1S/C16H20Cl2N2O.2ClH/c1-2-19-8-3-9-20-11-13-5-7-16(21-13)14-10-12(17)4-6-15(14)18;;/h4-7,10,19-20H,2-3,8-9,11H2,1H3;2*1H. The largest absolute Gasteiger partial charge is 0.460 e. The first kappa shape index (κ1) is 22.6. The number of hydrogen-bond donors (Lipinski definition) is 2. The van der Waals surface area contributed by atoms with E-state index in [9.17, 15) is 0 Å². The second-order valence-electron chi connectivity index (χ2n) is 4.77. The summed E-state index contributed by atoms with van der Waals surface area (Å²) < 4.78 is 5.81. The van der Waals surface area contributed by atoms with Crippen LogP contribution in [0.3, 0.4) is 0 Å². The molecule has 0 unspecified atom stereocenters.